The third kappa shape index (κ3) is 5.90. The second-order valence-corrected chi connectivity index (χ2v) is 8.88. The second kappa shape index (κ2) is 10.7. The van der Waals surface area contributed by atoms with Crippen LogP contribution in [-0.2, 0) is 25.5 Å². The summed E-state index contributed by atoms with van der Waals surface area (Å²) in [6, 6.07) is 9.21. The third-order valence-electron chi connectivity index (χ3n) is 5.02. The van der Waals surface area contributed by atoms with Crippen LogP contribution >= 0.6 is 22.9 Å². The molecular weight excluding hydrogens is 494 g/mol. The smallest absolute Gasteiger partial charge is 0.338 e. The van der Waals surface area contributed by atoms with E-state index in [4.69, 9.17) is 25.5 Å². The molecule has 35 heavy (non-hydrogen) atoms. The van der Waals surface area contributed by atoms with Crippen LogP contribution in [0.1, 0.15) is 30.2 Å². The number of nitrogens with one attached hydrogen (secondary N) is 2. The molecule has 9 nitrogen and oxygen atoms in total. The Kier molecular flexibility index (Phi) is 7.52. The van der Waals surface area contributed by atoms with Gasteiger partial charge >= 0.3 is 18.0 Å². The van der Waals surface area contributed by atoms with Crippen LogP contribution in [0, 0.1) is 6.92 Å². The van der Waals surface area contributed by atoms with Gasteiger partial charge in [0.15, 0.2) is 0 Å². The first-order valence-corrected chi connectivity index (χ1v) is 12.0. The first-order valence-electron chi connectivity index (χ1n) is 10.7. The highest BCUT2D eigenvalue weighted by atomic mass is 35.5. The number of carbonyl (C=O) groups excluding carboxylic acids is 3. The van der Waals surface area contributed by atoms with Crippen LogP contribution in [0.3, 0.4) is 0 Å². The van der Waals surface area contributed by atoms with Gasteiger partial charge in [-0.3, -0.25) is 4.79 Å². The average molecular weight is 516 g/mol. The van der Waals surface area contributed by atoms with Gasteiger partial charge in [0, 0.05) is 16.0 Å². The Morgan fingerprint density at radius 3 is 2.77 bits per heavy atom. The van der Waals surface area contributed by atoms with Gasteiger partial charge in [0.05, 0.1) is 30.0 Å². The molecule has 0 saturated heterocycles. The molecule has 11 heteroatoms. The fourth-order valence-corrected chi connectivity index (χ4v) is 4.50. The van der Waals surface area contributed by atoms with Gasteiger partial charge in [-0.25, -0.2) is 14.6 Å². The minimum Gasteiger partial charge on any atom is -0.464 e. The predicted octanol–water partition coefficient (Wildman–Crippen LogP) is 4.32. The summed E-state index contributed by atoms with van der Waals surface area (Å²) in [7, 11) is 0. The lowest BCUT2D eigenvalue weighted by atomic mass is 10.0. The number of furan rings is 1. The first-order chi connectivity index (χ1) is 16.8. The van der Waals surface area contributed by atoms with Gasteiger partial charge in [-0.2, -0.15) is 0 Å². The molecule has 0 spiro atoms. The highest BCUT2D eigenvalue weighted by molar-refractivity contribution is 7.13. The quantitative estimate of drug-likeness (QED) is 0.428. The standard InChI is InChI=1S/C24H22ClN3O6S/c1-3-32-23(30)20-17(27-24(31)28-21(20)18-8-7-13(2)34-18)11-33-19(29)10-16-12-35-22(26-16)14-5-4-6-15(25)9-14/h4-9,12,21H,3,10-11H2,1-2H3,(H2,27,28,31)/t21-/m0/s1. The Labute approximate surface area is 210 Å². The van der Waals surface area contributed by atoms with E-state index < -0.39 is 24.0 Å². The molecule has 1 aromatic carbocycles. The molecule has 182 valence electrons. The molecule has 0 radical (unpaired) electrons. The van der Waals surface area contributed by atoms with Crippen LogP contribution in [0.4, 0.5) is 4.79 Å². The summed E-state index contributed by atoms with van der Waals surface area (Å²) in [6.07, 6.45) is -0.0773. The summed E-state index contributed by atoms with van der Waals surface area (Å²) >= 11 is 7.43. The Bertz CT molecular complexity index is 1300. The van der Waals surface area contributed by atoms with Gasteiger partial charge in [0.2, 0.25) is 0 Å². The van der Waals surface area contributed by atoms with E-state index in [1.807, 2.05) is 12.1 Å². The van der Waals surface area contributed by atoms with E-state index >= 15 is 0 Å². The Hall–Kier alpha value is -3.63. The molecule has 1 aliphatic rings. The number of amides is 2. The molecule has 0 saturated carbocycles. The van der Waals surface area contributed by atoms with E-state index in [1.165, 1.54) is 11.3 Å². The Morgan fingerprint density at radius 2 is 2.06 bits per heavy atom. The van der Waals surface area contributed by atoms with Crippen LogP contribution < -0.4 is 10.6 Å². The van der Waals surface area contributed by atoms with Crippen molar-refractivity contribution in [3.8, 4) is 10.6 Å². The molecule has 0 unspecified atom stereocenters. The van der Waals surface area contributed by atoms with Crippen molar-refractivity contribution in [2.24, 2.45) is 0 Å². The van der Waals surface area contributed by atoms with Gasteiger partial charge in [0.25, 0.3) is 0 Å². The predicted molar refractivity (Wildman–Crippen MR) is 129 cm³/mol. The number of aromatic nitrogens is 1. The fourth-order valence-electron chi connectivity index (χ4n) is 3.50. The Balaban J connectivity index is 1.49. The molecule has 1 aliphatic heterocycles. The van der Waals surface area contributed by atoms with E-state index in [0.29, 0.717) is 22.2 Å². The molecule has 1 atom stereocenters. The minimum atomic E-state index is -0.885. The van der Waals surface area contributed by atoms with Gasteiger partial charge < -0.3 is 24.5 Å². The van der Waals surface area contributed by atoms with E-state index in [9.17, 15) is 14.4 Å². The number of thiazole rings is 1. The van der Waals surface area contributed by atoms with Crippen molar-refractivity contribution in [1.29, 1.82) is 0 Å². The molecule has 0 fully saturated rings. The minimum absolute atomic E-state index is 0.0773. The molecule has 2 amide bonds. The average Bonchev–Trinajstić information content (AvgIpc) is 3.46. The largest absolute Gasteiger partial charge is 0.464 e. The van der Waals surface area contributed by atoms with Gasteiger partial charge in [-0.05, 0) is 38.1 Å². The van der Waals surface area contributed by atoms with Crippen molar-refractivity contribution >= 4 is 40.9 Å². The zero-order valence-electron chi connectivity index (χ0n) is 18.9. The molecule has 0 bridgehead atoms. The van der Waals surface area contributed by atoms with Crippen molar-refractivity contribution in [3.63, 3.8) is 0 Å². The third-order valence-corrected chi connectivity index (χ3v) is 6.20. The number of nitrogens with zero attached hydrogens (tertiary/aromatic N) is 1. The van der Waals surface area contributed by atoms with Crippen LogP contribution in [0.15, 0.2) is 57.5 Å². The number of ether oxygens (including phenoxy) is 2. The summed E-state index contributed by atoms with van der Waals surface area (Å²) in [6.45, 7) is 3.22. The zero-order chi connectivity index (χ0) is 24.9. The van der Waals surface area contributed by atoms with Gasteiger partial charge in [-0.1, -0.05) is 23.7 Å². The number of halogens is 1. The van der Waals surface area contributed by atoms with Crippen molar-refractivity contribution in [1.82, 2.24) is 15.6 Å². The normalized spacial score (nSPS) is 15.4. The van der Waals surface area contributed by atoms with E-state index in [-0.39, 0.29) is 30.9 Å². The lowest BCUT2D eigenvalue weighted by molar-refractivity contribution is -0.143. The molecule has 2 N–H and O–H groups in total. The maximum absolute atomic E-state index is 12.7. The molecule has 0 aliphatic carbocycles. The summed E-state index contributed by atoms with van der Waals surface area (Å²) in [5.41, 5.74) is 1.61. The van der Waals surface area contributed by atoms with Crippen LogP contribution in [-0.4, -0.2) is 36.2 Å². The zero-order valence-corrected chi connectivity index (χ0v) is 20.5. The lowest BCUT2D eigenvalue weighted by Gasteiger charge is -2.27. The SMILES string of the molecule is CCOC(=O)C1=C(COC(=O)Cc2csc(-c3cccc(Cl)c3)n2)NC(=O)N[C@H]1c1ccc(C)o1. The highest BCUT2D eigenvalue weighted by Crippen LogP contribution is 2.29. The summed E-state index contributed by atoms with van der Waals surface area (Å²) in [5.74, 6) is -0.248. The van der Waals surface area contributed by atoms with Crippen LogP contribution in [0.25, 0.3) is 10.6 Å². The number of rotatable bonds is 8. The van der Waals surface area contributed by atoms with Crippen LogP contribution in [0.5, 0.6) is 0 Å². The van der Waals surface area contributed by atoms with Crippen molar-refractivity contribution < 1.29 is 28.3 Å². The summed E-state index contributed by atoms with van der Waals surface area (Å²) < 4.78 is 16.2. The van der Waals surface area contributed by atoms with Gasteiger partial charge in [-0.15, -0.1) is 11.3 Å². The molecule has 4 rings (SSSR count). The molecule has 2 aromatic heterocycles. The number of hydrogen-bond donors (Lipinski definition) is 2. The summed E-state index contributed by atoms with van der Waals surface area (Å²) in [4.78, 5) is 42.0. The van der Waals surface area contributed by atoms with Crippen LogP contribution in [0.2, 0.25) is 5.02 Å². The van der Waals surface area contributed by atoms with Gasteiger partial charge in [0.1, 0.15) is 29.2 Å². The topological polar surface area (TPSA) is 120 Å². The number of hydrogen-bond acceptors (Lipinski definition) is 8. The molecular formula is C24H22ClN3O6S. The monoisotopic (exact) mass is 515 g/mol. The molecule has 3 heterocycles. The number of urea groups is 1. The van der Waals surface area contributed by atoms with Crippen molar-refractivity contribution in [3.05, 3.63) is 75.3 Å². The maximum atomic E-state index is 12.7. The maximum Gasteiger partial charge on any atom is 0.338 e. The Morgan fingerprint density at radius 1 is 1.23 bits per heavy atom. The van der Waals surface area contributed by atoms with E-state index in [2.05, 4.69) is 15.6 Å². The second-order valence-electron chi connectivity index (χ2n) is 7.58. The summed E-state index contributed by atoms with van der Waals surface area (Å²) in [5, 5.41) is 8.29. The fraction of sp³-hybridized carbons (Fsp3) is 0.250. The highest BCUT2D eigenvalue weighted by Gasteiger charge is 2.36. The first kappa shape index (κ1) is 24.5. The van der Waals surface area contributed by atoms with Crippen molar-refractivity contribution in [2.45, 2.75) is 26.3 Å². The number of benzene rings is 1. The van der Waals surface area contributed by atoms with E-state index in [1.54, 1.807) is 43.5 Å². The molecule has 3 aromatic rings. The number of aryl methyl sites for hydroxylation is 1. The van der Waals surface area contributed by atoms with E-state index in [0.717, 1.165) is 10.6 Å². The number of carbonyl (C=O) groups is 3. The lowest BCUT2D eigenvalue weighted by Crippen LogP contribution is -2.47. The number of esters is 2. The van der Waals surface area contributed by atoms with Crippen molar-refractivity contribution in [2.75, 3.05) is 13.2 Å².